The van der Waals surface area contributed by atoms with Gasteiger partial charge in [-0.1, -0.05) is 19.1 Å². The molecule has 1 aliphatic rings. The maximum absolute atomic E-state index is 12.9. The Morgan fingerprint density at radius 2 is 1.90 bits per heavy atom. The number of carbonyl (C=O) groups is 1. The molecule has 1 saturated heterocycles. The maximum Gasteiger partial charge on any atom is 0.227 e. The summed E-state index contributed by atoms with van der Waals surface area (Å²) in [5.41, 5.74) is 0.881. The molecule has 118 valence electrons. The smallest absolute Gasteiger partial charge is 0.227 e. The van der Waals surface area contributed by atoms with E-state index in [0.717, 1.165) is 44.5 Å². The number of halogens is 2. The summed E-state index contributed by atoms with van der Waals surface area (Å²) < 4.78 is 12.9. The van der Waals surface area contributed by atoms with Crippen molar-refractivity contribution in [1.29, 1.82) is 0 Å². The molecule has 2 rings (SSSR count). The Morgan fingerprint density at radius 3 is 2.48 bits per heavy atom. The highest BCUT2D eigenvalue weighted by molar-refractivity contribution is 5.85. The summed E-state index contributed by atoms with van der Waals surface area (Å²) in [5.74, 6) is -0.102. The van der Waals surface area contributed by atoms with Crippen molar-refractivity contribution in [2.45, 2.75) is 38.6 Å². The second-order valence-corrected chi connectivity index (χ2v) is 5.37. The Balaban J connectivity index is 0.00000220. The number of hydrogen-bond acceptors (Lipinski definition) is 2. The fraction of sp³-hybridized carbons (Fsp3) is 0.562. The molecule has 1 fully saturated rings. The van der Waals surface area contributed by atoms with Crippen molar-refractivity contribution in [2.24, 2.45) is 0 Å². The van der Waals surface area contributed by atoms with Crippen LogP contribution in [0.25, 0.3) is 0 Å². The van der Waals surface area contributed by atoms with Crippen LogP contribution >= 0.6 is 12.4 Å². The van der Waals surface area contributed by atoms with Gasteiger partial charge in [-0.25, -0.2) is 4.39 Å². The van der Waals surface area contributed by atoms with Crippen molar-refractivity contribution in [3.63, 3.8) is 0 Å². The predicted molar refractivity (Wildman–Crippen MR) is 85.2 cm³/mol. The summed E-state index contributed by atoms with van der Waals surface area (Å²) in [5, 5.41) is 3.33. The molecule has 0 saturated carbocycles. The molecule has 1 N–H and O–H groups in total. The molecule has 1 aromatic carbocycles. The third-order valence-corrected chi connectivity index (χ3v) is 3.80. The number of piperidine rings is 1. The standard InChI is InChI=1S/C16H23FN2O.ClH/c1-2-11-19(15-7-9-18-10-8-15)16(20)12-13-3-5-14(17)6-4-13;/h3-6,15,18H,2,7-12H2,1H3;1H. The Morgan fingerprint density at radius 1 is 1.29 bits per heavy atom. The minimum Gasteiger partial charge on any atom is -0.339 e. The first-order chi connectivity index (χ1) is 9.70. The molecule has 5 heteroatoms. The highest BCUT2D eigenvalue weighted by Gasteiger charge is 2.24. The fourth-order valence-corrected chi connectivity index (χ4v) is 2.75. The zero-order chi connectivity index (χ0) is 14.4. The Labute approximate surface area is 132 Å². The lowest BCUT2D eigenvalue weighted by atomic mass is 10.0. The lowest BCUT2D eigenvalue weighted by Gasteiger charge is -2.34. The van der Waals surface area contributed by atoms with Crippen LogP contribution < -0.4 is 5.32 Å². The number of hydrogen-bond donors (Lipinski definition) is 1. The van der Waals surface area contributed by atoms with E-state index in [0.29, 0.717) is 12.5 Å². The van der Waals surface area contributed by atoms with Crippen LogP contribution in [0.4, 0.5) is 4.39 Å². The van der Waals surface area contributed by atoms with Crippen LogP contribution in [0.2, 0.25) is 0 Å². The van der Waals surface area contributed by atoms with Gasteiger partial charge in [0.2, 0.25) is 5.91 Å². The van der Waals surface area contributed by atoms with Gasteiger partial charge in [-0.05, 0) is 50.0 Å². The Hall–Kier alpha value is -1.13. The van der Waals surface area contributed by atoms with Gasteiger partial charge in [-0.15, -0.1) is 12.4 Å². The number of rotatable bonds is 5. The molecule has 1 aliphatic heterocycles. The van der Waals surface area contributed by atoms with E-state index in [4.69, 9.17) is 0 Å². The van der Waals surface area contributed by atoms with Crippen LogP contribution in [0.1, 0.15) is 31.7 Å². The number of benzene rings is 1. The van der Waals surface area contributed by atoms with E-state index in [1.54, 1.807) is 12.1 Å². The van der Waals surface area contributed by atoms with Crippen LogP contribution in [0.15, 0.2) is 24.3 Å². The summed E-state index contributed by atoms with van der Waals surface area (Å²) in [4.78, 5) is 14.5. The Bertz CT molecular complexity index is 432. The van der Waals surface area contributed by atoms with Crippen LogP contribution in [0.3, 0.4) is 0 Å². The van der Waals surface area contributed by atoms with Gasteiger partial charge in [0.05, 0.1) is 6.42 Å². The number of carbonyl (C=O) groups excluding carboxylic acids is 1. The first-order valence-corrected chi connectivity index (χ1v) is 7.45. The van der Waals surface area contributed by atoms with Crippen LogP contribution in [0.5, 0.6) is 0 Å². The summed E-state index contributed by atoms with van der Waals surface area (Å²) in [6.45, 7) is 4.87. The molecule has 21 heavy (non-hydrogen) atoms. The largest absolute Gasteiger partial charge is 0.339 e. The summed E-state index contributed by atoms with van der Waals surface area (Å²) in [6.07, 6.45) is 3.38. The van der Waals surface area contributed by atoms with E-state index in [9.17, 15) is 9.18 Å². The highest BCUT2D eigenvalue weighted by atomic mass is 35.5. The second-order valence-electron chi connectivity index (χ2n) is 5.37. The van der Waals surface area contributed by atoms with E-state index in [2.05, 4.69) is 12.2 Å². The molecule has 1 heterocycles. The first kappa shape index (κ1) is 17.9. The van der Waals surface area contributed by atoms with E-state index >= 15 is 0 Å². The van der Waals surface area contributed by atoms with Crippen molar-refractivity contribution in [1.82, 2.24) is 10.2 Å². The number of nitrogens with one attached hydrogen (secondary N) is 1. The zero-order valence-electron chi connectivity index (χ0n) is 12.5. The van der Waals surface area contributed by atoms with Gasteiger partial charge in [0, 0.05) is 12.6 Å². The third kappa shape index (κ3) is 5.29. The second kappa shape index (κ2) is 9.00. The van der Waals surface area contributed by atoms with Crippen LogP contribution in [0, 0.1) is 5.82 Å². The topological polar surface area (TPSA) is 32.3 Å². The SMILES string of the molecule is CCCN(C(=O)Cc1ccc(F)cc1)C1CCNCC1.Cl. The lowest BCUT2D eigenvalue weighted by molar-refractivity contribution is -0.133. The molecule has 0 aromatic heterocycles. The number of amides is 1. The van der Waals surface area contributed by atoms with Crippen molar-refractivity contribution in [3.8, 4) is 0 Å². The van der Waals surface area contributed by atoms with Crippen molar-refractivity contribution in [2.75, 3.05) is 19.6 Å². The van der Waals surface area contributed by atoms with Crippen LogP contribution in [-0.4, -0.2) is 36.5 Å². The van der Waals surface area contributed by atoms with E-state index in [1.807, 2.05) is 4.90 Å². The molecule has 1 aromatic rings. The molecule has 1 amide bonds. The van der Waals surface area contributed by atoms with E-state index in [1.165, 1.54) is 12.1 Å². The molecule has 0 unspecified atom stereocenters. The predicted octanol–water partition coefficient (Wildman–Crippen LogP) is 2.78. The van der Waals surface area contributed by atoms with Crippen molar-refractivity contribution >= 4 is 18.3 Å². The molecule has 0 aliphatic carbocycles. The van der Waals surface area contributed by atoms with Crippen molar-refractivity contribution in [3.05, 3.63) is 35.6 Å². The van der Waals surface area contributed by atoms with E-state index < -0.39 is 0 Å². The molecular formula is C16H24ClFN2O. The normalized spacial score (nSPS) is 15.3. The van der Waals surface area contributed by atoms with Gasteiger partial charge in [0.15, 0.2) is 0 Å². The van der Waals surface area contributed by atoms with Crippen molar-refractivity contribution < 1.29 is 9.18 Å². The van der Waals surface area contributed by atoms with Crippen LogP contribution in [-0.2, 0) is 11.2 Å². The van der Waals surface area contributed by atoms with Gasteiger partial charge >= 0.3 is 0 Å². The third-order valence-electron chi connectivity index (χ3n) is 3.80. The lowest BCUT2D eigenvalue weighted by Crippen LogP contribution is -2.47. The molecule has 0 radical (unpaired) electrons. The minimum absolute atomic E-state index is 0. The first-order valence-electron chi connectivity index (χ1n) is 7.45. The quantitative estimate of drug-likeness (QED) is 0.906. The van der Waals surface area contributed by atoms with Gasteiger partial charge in [0.1, 0.15) is 5.82 Å². The number of nitrogens with zero attached hydrogens (tertiary/aromatic N) is 1. The van der Waals surface area contributed by atoms with Gasteiger partial charge in [0.25, 0.3) is 0 Å². The molecule has 0 atom stereocenters. The van der Waals surface area contributed by atoms with Gasteiger partial charge < -0.3 is 10.2 Å². The minimum atomic E-state index is -0.259. The summed E-state index contributed by atoms with van der Waals surface area (Å²) in [7, 11) is 0. The zero-order valence-corrected chi connectivity index (χ0v) is 13.3. The maximum atomic E-state index is 12.9. The highest BCUT2D eigenvalue weighted by Crippen LogP contribution is 2.15. The summed E-state index contributed by atoms with van der Waals surface area (Å²) in [6, 6.07) is 6.57. The Kier molecular flexibility index (Phi) is 7.68. The fourth-order valence-electron chi connectivity index (χ4n) is 2.75. The van der Waals surface area contributed by atoms with E-state index in [-0.39, 0.29) is 24.1 Å². The molecule has 0 spiro atoms. The summed E-state index contributed by atoms with van der Waals surface area (Å²) >= 11 is 0. The molecule has 3 nitrogen and oxygen atoms in total. The average molecular weight is 315 g/mol. The van der Waals surface area contributed by atoms with Gasteiger partial charge in [-0.3, -0.25) is 4.79 Å². The molecule has 0 bridgehead atoms. The van der Waals surface area contributed by atoms with Gasteiger partial charge in [-0.2, -0.15) is 0 Å². The molecular weight excluding hydrogens is 291 g/mol. The average Bonchev–Trinajstić information content (AvgIpc) is 2.48. The monoisotopic (exact) mass is 314 g/mol.